The van der Waals surface area contributed by atoms with Crippen LogP contribution in [0.15, 0.2) is 36.4 Å². The highest BCUT2D eigenvalue weighted by atomic mass is 35.5. The van der Waals surface area contributed by atoms with Crippen LogP contribution >= 0.6 is 23.2 Å². The van der Waals surface area contributed by atoms with E-state index in [2.05, 4.69) is 75.3 Å². The molecule has 1 unspecified atom stereocenters. The van der Waals surface area contributed by atoms with Gasteiger partial charge in [-0.2, -0.15) is 0 Å². The number of rotatable bonds is 8. The number of para-hydroxylation sites is 1. The summed E-state index contributed by atoms with van der Waals surface area (Å²) >= 11 is 12.9. The highest BCUT2D eigenvalue weighted by molar-refractivity contribution is 6.35. The first kappa shape index (κ1) is 23.4. The van der Waals surface area contributed by atoms with Crippen LogP contribution in [0.5, 0.6) is 0 Å². The van der Waals surface area contributed by atoms with Crippen LogP contribution in [-0.2, 0) is 11.3 Å². The van der Waals surface area contributed by atoms with E-state index in [0.29, 0.717) is 10.9 Å². The van der Waals surface area contributed by atoms with Gasteiger partial charge in [0, 0.05) is 47.9 Å². The molecule has 0 radical (unpaired) electrons. The van der Waals surface area contributed by atoms with Crippen molar-refractivity contribution >= 4 is 28.9 Å². The first-order chi connectivity index (χ1) is 14.2. The summed E-state index contributed by atoms with van der Waals surface area (Å²) in [5, 5.41) is 5.10. The number of ether oxygens (including phenoxy) is 1. The molecule has 0 bridgehead atoms. The number of hydrogen-bond acceptors (Lipinski definition) is 3. The topological polar surface area (TPSA) is 24.5 Å². The Bertz CT molecular complexity index is 866. The van der Waals surface area contributed by atoms with Gasteiger partial charge in [-0.15, -0.1) is 0 Å². The van der Waals surface area contributed by atoms with Crippen LogP contribution in [0.1, 0.15) is 56.7 Å². The lowest BCUT2D eigenvalue weighted by molar-refractivity contribution is -0.0120. The van der Waals surface area contributed by atoms with Crippen LogP contribution in [-0.4, -0.2) is 37.2 Å². The smallest absolute Gasteiger partial charge is 0.0798 e. The Morgan fingerprint density at radius 2 is 1.90 bits per heavy atom. The molecule has 0 saturated carbocycles. The molecule has 2 aromatic carbocycles. The van der Waals surface area contributed by atoms with Crippen LogP contribution < -0.4 is 5.32 Å². The molecule has 1 atom stereocenters. The Hall–Kier alpha value is -1.26. The second kappa shape index (κ2) is 9.91. The zero-order valence-corrected chi connectivity index (χ0v) is 20.3. The molecule has 0 aliphatic carbocycles. The minimum atomic E-state index is -0.240. The molecule has 0 amide bonds. The molecular formula is C25H34Cl2N2O. The molecule has 5 heteroatoms. The zero-order valence-electron chi connectivity index (χ0n) is 18.8. The number of nitrogens with one attached hydrogen (secondary N) is 1. The predicted molar refractivity (Wildman–Crippen MR) is 129 cm³/mol. The summed E-state index contributed by atoms with van der Waals surface area (Å²) in [6.07, 6.45) is 1.08. The standard InChI is InChI=1S/C25H34Cl2N2O/c1-17(2)10-11-30-25(3,4)16-28-24-9-7-6-8-19(24)21-14-29(5)15-22-20(21)12-18(26)13-23(22)27/h6-9,12-13,17,21,28H,10-11,14-16H2,1-5H3. The van der Waals surface area contributed by atoms with Crippen LogP contribution in [0, 0.1) is 5.92 Å². The monoisotopic (exact) mass is 448 g/mol. The van der Waals surface area contributed by atoms with E-state index < -0.39 is 0 Å². The predicted octanol–water partition coefficient (Wildman–Crippen LogP) is 6.82. The van der Waals surface area contributed by atoms with Crippen molar-refractivity contribution in [1.29, 1.82) is 0 Å². The molecule has 0 spiro atoms. The quantitative estimate of drug-likeness (QED) is 0.478. The van der Waals surface area contributed by atoms with E-state index in [9.17, 15) is 0 Å². The van der Waals surface area contributed by atoms with Crippen molar-refractivity contribution < 1.29 is 4.74 Å². The highest BCUT2D eigenvalue weighted by Gasteiger charge is 2.29. The van der Waals surface area contributed by atoms with Crippen LogP contribution in [0.3, 0.4) is 0 Å². The molecule has 0 saturated heterocycles. The Morgan fingerprint density at radius 1 is 1.17 bits per heavy atom. The molecule has 0 aromatic heterocycles. The van der Waals surface area contributed by atoms with Gasteiger partial charge in [0.2, 0.25) is 0 Å². The fraction of sp³-hybridized carbons (Fsp3) is 0.520. The summed E-state index contributed by atoms with van der Waals surface area (Å²) in [6, 6.07) is 12.5. The third-order valence-corrected chi connectivity index (χ3v) is 6.28. The molecule has 1 aliphatic rings. The number of halogens is 2. The number of anilines is 1. The fourth-order valence-electron chi connectivity index (χ4n) is 4.00. The summed E-state index contributed by atoms with van der Waals surface area (Å²) in [5.41, 5.74) is 4.57. The van der Waals surface area contributed by atoms with Crippen molar-refractivity contribution in [2.24, 2.45) is 5.92 Å². The average molecular weight is 449 g/mol. The van der Waals surface area contributed by atoms with Gasteiger partial charge < -0.3 is 15.0 Å². The summed E-state index contributed by atoms with van der Waals surface area (Å²) < 4.78 is 6.15. The third kappa shape index (κ3) is 5.91. The number of benzene rings is 2. The number of hydrogen-bond donors (Lipinski definition) is 1. The first-order valence-corrected chi connectivity index (χ1v) is 11.5. The van der Waals surface area contributed by atoms with Gasteiger partial charge in [0.05, 0.1) is 5.60 Å². The molecule has 0 fully saturated rings. The molecule has 1 heterocycles. The molecule has 2 aromatic rings. The first-order valence-electron chi connectivity index (χ1n) is 10.8. The summed E-state index contributed by atoms with van der Waals surface area (Å²) in [6.45, 7) is 12.0. The number of likely N-dealkylation sites (N-methyl/N-ethyl adjacent to an activating group) is 1. The van der Waals surface area contributed by atoms with Gasteiger partial charge in [-0.1, -0.05) is 55.2 Å². The average Bonchev–Trinajstić information content (AvgIpc) is 2.66. The lowest BCUT2D eigenvalue weighted by atomic mass is 9.84. The van der Waals surface area contributed by atoms with Gasteiger partial charge in [0.15, 0.2) is 0 Å². The normalized spacial score (nSPS) is 17.3. The van der Waals surface area contributed by atoms with Crippen molar-refractivity contribution in [2.45, 2.75) is 52.2 Å². The zero-order chi connectivity index (χ0) is 21.9. The molecule has 30 heavy (non-hydrogen) atoms. The Morgan fingerprint density at radius 3 is 2.63 bits per heavy atom. The fourth-order valence-corrected chi connectivity index (χ4v) is 4.57. The minimum Gasteiger partial charge on any atom is -0.382 e. The molecule has 164 valence electrons. The summed E-state index contributed by atoms with van der Waals surface area (Å²) in [7, 11) is 2.14. The van der Waals surface area contributed by atoms with E-state index >= 15 is 0 Å². The van der Waals surface area contributed by atoms with E-state index in [1.165, 1.54) is 16.7 Å². The Kier molecular flexibility index (Phi) is 7.73. The molecule has 3 rings (SSSR count). The maximum atomic E-state index is 6.55. The summed E-state index contributed by atoms with van der Waals surface area (Å²) in [4.78, 5) is 2.32. The second-order valence-corrected chi connectivity index (χ2v) is 10.3. The van der Waals surface area contributed by atoms with E-state index in [-0.39, 0.29) is 11.5 Å². The van der Waals surface area contributed by atoms with Crippen molar-refractivity contribution in [1.82, 2.24) is 4.90 Å². The summed E-state index contributed by atoms with van der Waals surface area (Å²) in [5.74, 6) is 0.861. The van der Waals surface area contributed by atoms with Crippen LogP contribution in [0.4, 0.5) is 5.69 Å². The lowest BCUT2D eigenvalue weighted by Crippen LogP contribution is -2.35. The minimum absolute atomic E-state index is 0.212. The van der Waals surface area contributed by atoms with Crippen molar-refractivity contribution in [3.05, 3.63) is 63.1 Å². The van der Waals surface area contributed by atoms with Gasteiger partial charge in [0.25, 0.3) is 0 Å². The van der Waals surface area contributed by atoms with Gasteiger partial charge in [-0.05, 0) is 68.1 Å². The van der Waals surface area contributed by atoms with Crippen molar-refractivity contribution in [3.63, 3.8) is 0 Å². The van der Waals surface area contributed by atoms with Gasteiger partial charge >= 0.3 is 0 Å². The van der Waals surface area contributed by atoms with E-state index in [0.717, 1.165) is 43.4 Å². The van der Waals surface area contributed by atoms with Crippen molar-refractivity contribution in [2.75, 3.05) is 32.1 Å². The molecular weight excluding hydrogens is 415 g/mol. The maximum absolute atomic E-state index is 6.55. The molecule has 1 N–H and O–H groups in total. The lowest BCUT2D eigenvalue weighted by Gasteiger charge is -2.35. The van der Waals surface area contributed by atoms with Crippen LogP contribution in [0.25, 0.3) is 0 Å². The second-order valence-electron chi connectivity index (χ2n) is 9.44. The Labute approximate surface area is 191 Å². The van der Waals surface area contributed by atoms with E-state index in [1.807, 2.05) is 6.07 Å². The van der Waals surface area contributed by atoms with E-state index in [1.54, 1.807) is 0 Å². The largest absolute Gasteiger partial charge is 0.382 e. The van der Waals surface area contributed by atoms with Gasteiger partial charge in [0.1, 0.15) is 0 Å². The van der Waals surface area contributed by atoms with Gasteiger partial charge in [-0.3, -0.25) is 0 Å². The van der Waals surface area contributed by atoms with Crippen molar-refractivity contribution in [3.8, 4) is 0 Å². The van der Waals surface area contributed by atoms with E-state index in [4.69, 9.17) is 27.9 Å². The number of fused-ring (bicyclic) bond motifs is 1. The molecule has 3 nitrogen and oxygen atoms in total. The maximum Gasteiger partial charge on any atom is 0.0798 e. The van der Waals surface area contributed by atoms with Crippen LogP contribution in [0.2, 0.25) is 10.0 Å². The Balaban J connectivity index is 1.83. The van der Waals surface area contributed by atoms with Gasteiger partial charge in [-0.25, -0.2) is 0 Å². The molecule has 1 aliphatic heterocycles. The number of nitrogens with zero attached hydrogens (tertiary/aromatic N) is 1. The SMILES string of the molecule is CC(C)CCOC(C)(C)CNc1ccccc1C1CN(C)Cc2c(Cl)cc(Cl)cc21. The highest BCUT2D eigenvalue weighted by Crippen LogP contribution is 2.40. The third-order valence-electron chi connectivity index (χ3n) is 5.72.